The van der Waals surface area contributed by atoms with Gasteiger partial charge in [-0.1, -0.05) is 18.2 Å². The second-order valence-electron chi connectivity index (χ2n) is 4.96. The van der Waals surface area contributed by atoms with Gasteiger partial charge in [-0.3, -0.25) is 0 Å². The van der Waals surface area contributed by atoms with Crippen LogP contribution in [0.4, 0.5) is 0 Å². The standard InChI is InChI=1S/C16H15NO3S/c1-10-6-7-13(15(17-10)16(18)19)20-8-11-9-21-14-5-3-2-4-12(11)14/h2-7,11H,8-9H2,1H3,(H,18,19). The summed E-state index contributed by atoms with van der Waals surface area (Å²) in [5.74, 6) is 0.521. The molecule has 0 aliphatic carbocycles. The highest BCUT2D eigenvalue weighted by Crippen LogP contribution is 2.39. The number of ether oxygens (including phenoxy) is 1. The van der Waals surface area contributed by atoms with E-state index in [1.807, 2.05) is 23.9 Å². The zero-order valence-corrected chi connectivity index (χ0v) is 12.4. The van der Waals surface area contributed by atoms with Crippen LogP contribution in [0.1, 0.15) is 27.7 Å². The molecule has 0 spiro atoms. The predicted octanol–water partition coefficient (Wildman–Crippen LogP) is 3.36. The zero-order valence-electron chi connectivity index (χ0n) is 11.6. The van der Waals surface area contributed by atoms with Crippen LogP contribution in [0.25, 0.3) is 0 Å². The number of nitrogens with zero attached hydrogens (tertiary/aromatic N) is 1. The summed E-state index contributed by atoms with van der Waals surface area (Å²) in [5, 5.41) is 9.19. The maximum atomic E-state index is 11.2. The van der Waals surface area contributed by atoms with Gasteiger partial charge in [0.1, 0.15) is 0 Å². The SMILES string of the molecule is Cc1ccc(OCC2CSc3ccccc32)c(C(=O)O)n1. The summed E-state index contributed by atoms with van der Waals surface area (Å²) < 4.78 is 5.74. The lowest BCUT2D eigenvalue weighted by molar-refractivity contribution is 0.0684. The summed E-state index contributed by atoms with van der Waals surface area (Å²) >= 11 is 1.81. The molecule has 0 saturated heterocycles. The molecule has 0 fully saturated rings. The van der Waals surface area contributed by atoms with E-state index in [1.165, 1.54) is 10.5 Å². The van der Waals surface area contributed by atoms with Gasteiger partial charge in [-0.05, 0) is 30.7 Å². The molecule has 2 heterocycles. The molecule has 1 aromatic heterocycles. The molecule has 21 heavy (non-hydrogen) atoms. The van der Waals surface area contributed by atoms with Gasteiger partial charge in [-0.15, -0.1) is 11.8 Å². The van der Waals surface area contributed by atoms with E-state index in [0.717, 1.165) is 5.75 Å². The number of fused-ring (bicyclic) bond motifs is 1. The Hall–Kier alpha value is -2.01. The first-order valence-electron chi connectivity index (χ1n) is 6.70. The van der Waals surface area contributed by atoms with E-state index in [2.05, 4.69) is 17.1 Å². The molecule has 0 amide bonds. The lowest BCUT2D eigenvalue weighted by Gasteiger charge is -2.14. The first-order chi connectivity index (χ1) is 10.1. The van der Waals surface area contributed by atoms with Gasteiger partial charge in [0.05, 0.1) is 6.61 Å². The van der Waals surface area contributed by atoms with Gasteiger partial charge in [0, 0.05) is 22.3 Å². The Labute approximate surface area is 127 Å². The molecule has 4 nitrogen and oxygen atoms in total. The van der Waals surface area contributed by atoms with Crippen LogP contribution >= 0.6 is 11.8 Å². The molecule has 0 saturated carbocycles. The molecule has 1 unspecified atom stereocenters. The number of rotatable bonds is 4. The Kier molecular flexibility index (Phi) is 3.84. The fourth-order valence-corrected chi connectivity index (χ4v) is 3.60. The monoisotopic (exact) mass is 301 g/mol. The van der Waals surface area contributed by atoms with E-state index in [4.69, 9.17) is 4.74 Å². The minimum atomic E-state index is -1.06. The van der Waals surface area contributed by atoms with Crippen molar-refractivity contribution in [1.82, 2.24) is 4.98 Å². The number of aromatic carboxylic acids is 1. The Balaban J connectivity index is 1.76. The number of aryl methyl sites for hydroxylation is 1. The van der Waals surface area contributed by atoms with Crippen molar-refractivity contribution in [3.05, 3.63) is 53.3 Å². The number of pyridine rings is 1. The molecule has 0 bridgehead atoms. The van der Waals surface area contributed by atoms with Crippen molar-refractivity contribution in [2.75, 3.05) is 12.4 Å². The van der Waals surface area contributed by atoms with Crippen molar-refractivity contribution in [3.8, 4) is 5.75 Å². The average Bonchev–Trinajstić information content (AvgIpc) is 2.89. The van der Waals surface area contributed by atoms with E-state index in [1.54, 1.807) is 19.1 Å². The topological polar surface area (TPSA) is 59.4 Å². The summed E-state index contributed by atoms with van der Waals surface area (Å²) in [4.78, 5) is 16.5. The van der Waals surface area contributed by atoms with Gasteiger partial charge in [-0.25, -0.2) is 9.78 Å². The fourth-order valence-electron chi connectivity index (χ4n) is 2.37. The minimum absolute atomic E-state index is 0.0195. The molecule has 108 valence electrons. The largest absolute Gasteiger partial charge is 0.490 e. The molecule has 0 radical (unpaired) electrons. The number of carbonyl (C=O) groups is 1. The van der Waals surface area contributed by atoms with Gasteiger partial charge < -0.3 is 9.84 Å². The predicted molar refractivity (Wildman–Crippen MR) is 81.3 cm³/mol. The van der Waals surface area contributed by atoms with Crippen LogP contribution in [-0.2, 0) is 0 Å². The quantitative estimate of drug-likeness (QED) is 0.938. The lowest BCUT2D eigenvalue weighted by Crippen LogP contribution is -2.13. The van der Waals surface area contributed by atoms with Crippen molar-refractivity contribution in [3.63, 3.8) is 0 Å². The molecule has 1 aliphatic heterocycles. The number of hydrogen-bond acceptors (Lipinski definition) is 4. The Morgan fingerprint density at radius 2 is 2.19 bits per heavy atom. The first-order valence-corrected chi connectivity index (χ1v) is 7.69. The fraction of sp³-hybridized carbons (Fsp3) is 0.250. The Morgan fingerprint density at radius 1 is 1.38 bits per heavy atom. The minimum Gasteiger partial charge on any atom is -0.490 e. The first kappa shape index (κ1) is 13.9. The Bertz CT molecular complexity index is 687. The van der Waals surface area contributed by atoms with Crippen molar-refractivity contribution in [1.29, 1.82) is 0 Å². The number of hydrogen-bond donors (Lipinski definition) is 1. The second kappa shape index (κ2) is 5.77. The van der Waals surface area contributed by atoms with Crippen molar-refractivity contribution >= 4 is 17.7 Å². The maximum Gasteiger partial charge on any atom is 0.358 e. The number of benzene rings is 1. The number of thioether (sulfide) groups is 1. The molecule has 1 aliphatic rings. The average molecular weight is 301 g/mol. The molecule has 1 atom stereocenters. The van der Waals surface area contributed by atoms with E-state index >= 15 is 0 Å². The molecular weight excluding hydrogens is 286 g/mol. The van der Waals surface area contributed by atoms with Crippen LogP contribution in [0, 0.1) is 6.92 Å². The van der Waals surface area contributed by atoms with Gasteiger partial charge >= 0.3 is 5.97 Å². The van der Waals surface area contributed by atoms with Crippen LogP contribution in [0.15, 0.2) is 41.3 Å². The number of carboxylic acids is 1. The van der Waals surface area contributed by atoms with Crippen LogP contribution in [0.2, 0.25) is 0 Å². The van der Waals surface area contributed by atoms with Crippen molar-refractivity contribution in [2.45, 2.75) is 17.7 Å². The second-order valence-corrected chi connectivity index (χ2v) is 6.02. The van der Waals surface area contributed by atoms with Crippen LogP contribution in [0.3, 0.4) is 0 Å². The number of carboxylic acid groups (broad SMARTS) is 1. The lowest BCUT2D eigenvalue weighted by atomic mass is 10.0. The van der Waals surface area contributed by atoms with E-state index in [9.17, 15) is 9.90 Å². The van der Waals surface area contributed by atoms with Crippen LogP contribution in [0.5, 0.6) is 5.75 Å². The summed E-state index contributed by atoms with van der Waals surface area (Å²) in [6.07, 6.45) is 0. The molecule has 2 aromatic rings. The Morgan fingerprint density at radius 3 is 3.00 bits per heavy atom. The molecule has 3 rings (SSSR count). The van der Waals surface area contributed by atoms with Crippen LogP contribution < -0.4 is 4.74 Å². The summed E-state index contributed by atoms with van der Waals surface area (Å²) in [5.41, 5.74) is 1.93. The van der Waals surface area contributed by atoms with Crippen molar-refractivity contribution < 1.29 is 14.6 Å². The van der Waals surface area contributed by atoms with Gasteiger partial charge in [0.15, 0.2) is 11.4 Å². The highest BCUT2D eigenvalue weighted by Gasteiger charge is 2.24. The third kappa shape index (κ3) is 2.88. The molecule has 1 aromatic carbocycles. The van der Waals surface area contributed by atoms with E-state index in [-0.39, 0.29) is 11.6 Å². The van der Waals surface area contributed by atoms with Crippen LogP contribution in [-0.4, -0.2) is 28.4 Å². The van der Waals surface area contributed by atoms with Gasteiger partial charge in [-0.2, -0.15) is 0 Å². The van der Waals surface area contributed by atoms with Gasteiger partial charge in [0.25, 0.3) is 0 Å². The smallest absolute Gasteiger partial charge is 0.358 e. The molecule has 5 heteroatoms. The third-order valence-electron chi connectivity index (χ3n) is 3.44. The van der Waals surface area contributed by atoms with Gasteiger partial charge in [0.2, 0.25) is 0 Å². The van der Waals surface area contributed by atoms with E-state index in [0.29, 0.717) is 18.1 Å². The van der Waals surface area contributed by atoms with Crippen molar-refractivity contribution in [2.24, 2.45) is 0 Å². The maximum absolute atomic E-state index is 11.2. The normalized spacial score (nSPS) is 16.5. The third-order valence-corrected chi connectivity index (χ3v) is 4.69. The zero-order chi connectivity index (χ0) is 14.8. The van der Waals surface area contributed by atoms with E-state index < -0.39 is 5.97 Å². The summed E-state index contributed by atoms with van der Waals surface area (Å²) in [6, 6.07) is 11.7. The highest BCUT2D eigenvalue weighted by atomic mass is 32.2. The summed E-state index contributed by atoms with van der Waals surface area (Å²) in [7, 11) is 0. The molecule has 1 N–H and O–H groups in total. The molecular formula is C16H15NO3S. The summed E-state index contributed by atoms with van der Waals surface area (Å²) in [6.45, 7) is 2.23. The highest BCUT2D eigenvalue weighted by molar-refractivity contribution is 7.99. The number of aromatic nitrogens is 1.